The van der Waals surface area contributed by atoms with E-state index in [-0.39, 0.29) is 18.9 Å². The third-order valence-corrected chi connectivity index (χ3v) is 6.23. The van der Waals surface area contributed by atoms with E-state index in [1.54, 1.807) is 0 Å². The Morgan fingerprint density at radius 1 is 1.09 bits per heavy atom. The Balaban J connectivity index is 1.35. The van der Waals surface area contributed by atoms with Gasteiger partial charge in [0.15, 0.2) is 0 Å². The highest BCUT2D eigenvalue weighted by Gasteiger charge is 2.36. The number of hydrogen-bond acceptors (Lipinski definition) is 7. The minimum Gasteiger partial charge on any atom is -0.378 e. The van der Waals surface area contributed by atoms with Gasteiger partial charge in [-0.1, -0.05) is 6.07 Å². The van der Waals surface area contributed by atoms with Crippen LogP contribution in [-0.4, -0.2) is 84.8 Å². The predicted molar refractivity (Wildman–Crippen MR) is 113 cm³/mol. The number of ether oxygens (including phenoxy) is 1. The number of morpholine rings is 1. The molecular weight excluding hydrogens is 419 g/mol. The molecule has 174 valence electrons. The first-order valence-electron chi connectivity index (χ1n) is 11.0. The first kappa shape index (κ1) is 22.5. The fourth-order valence-electron chi connectivity index (χ4n) is 4.39. The lowest BCUT2D eigenvalue weighted by Gasteiger charge is -2.39. The van der Waals surface area contributed by atoms with Gasteiger partial charge in [-0.15, -0.1) is 5.06 Å². The fourth-order valence-corrected chi connectivity index (χ4v) is 4.39. The minimum absolute atomic E-state index is 0.0661. The molecule has 0 radical (unpaired) electrons. The number of carbonyl (C=O) groups excluding carboxylic acids is 3. The van der Waals surface area contributed by atoms with E-state index in [2.05, 4.69) is 9.80 Å². The van der Waals surface area contributed by atoms with E-state index in [4.69, 9.17) is 9.57 Å². The van der Waals surface area contributed by atoms with Crippen molar-refractivity contribution in [3.8, 4) is 0 Å². The second-order valence-corrected chi connectivity index (χ2v) is 8.40. The molecule has 1 aromatic rings. The summed E-state index contributed by atoms with van der Waals surface area (Å²) in [7, 11) is 0. The number of anilines is 1. The van der Waals surface area contributed by atoms with Crippen molar-refractivity contribution in [1.82, 2.24) is 14.9 Å². The van der Waals surface area contributed by atoms with Gasteiger partial charge < -0.3 is 19.4 Å². The summed E-state index contributed by atoms with van der Waals surface area (Å²) in [6.45, 7) is 6.45. The number of hydrogen-bond donors (Lipinski definition) is 0. The molecule has 0 spiro atoms. The summed E-state index contributed by atoms with van der Waals surface area (Å²) in [5.41, 5.74) is 2.62. The predicted octanol–water partition coefficient (Wildman–Crippen LogP) is 1.70. The normalized spacial score (nSPS) is 22.6. The lowest BCUT2D eigenvalue weighted by atomic mass is 10.0. The number of benzene rings is 1. The Bertz CT molecular complexity index is 860. The molecule has 3 aliphatic rings. The zero-order valence-corrected chi connectivity index (χ0v) is 18.3. The zero-order chi connectivity index (χ0) is 22.7. The van der Waals surface area contributed by atoms with Crippen LogP contribution >= 0.6 is 0 Å². The fraction of sp³-hybridized carbons (Fsp3) is 0.591. The molecule has 10 heteroatoms. The monoisotopic (exact) mass is 448 g/mol. The van der Waals surface area contributed by atoms with Gasteiger partial charge in [0.2, 0.25) is 0 Å². The average molecular weight is 448 g/mol. The van der Waals surface area contributed by atoms with Crippen LogP contribution in [0.25, 0.3) is 0 Å². The number of amides is 3. The number of piperazine rings is 1. The van der Waals surface area contributed by atoms with Crippen molar-refractivity contribution >= 4 is 23.6 Å². The maximum Gasteiger partial charge on any atom is 0.435 e. The lowest BCUT2D eigenvalue weighted by Crippen LogP contribution is -2.54. The van der Waals surface area contributed by atoms with E-state index in [1.807, 2.05) is 25.1 Å². The van der Waals surface area contributed by atoms with Crippen LogP contribution in [0.4, 0.5) is 14.9 Å². The van der Waals surface area contributed by atoms with Crippen LogP contribution in [-0.2, 0) is 32.4 Å². The third-order valence-electron chi connectivity index (χ3n) is 6.23. The Kier molecular flexibility index (Phi) is 6.90. The van der Waals surface area contributed by atoms with Gasteiger partial charge >= 0.3 is 6.09 Å². The number of halogens is 1. The van der Waals surface area contributed by atoms with Gasteiger partial charge in [0.25, 0.3) is 11.8 Å². The van der Waals surface area contributed by atoms with Gasteiger partial charge in [-0.05, 0) is 30.2 Å². The van der Waals surface area contributed by atoms with Crippen molar-refractivity contribution in [2.24, 2.45) is 0 Å². The summed E-state index contributed by atoms with van der Waals surface area (Å²) in [6.07, 6.45) is -0.562. The number of imide groups is 1. The third kappa shape index (κ3) is 4.86. The second kappa shape index (κ2) is 9.83. The molecule has 3 heterocycles. The van der Waals surface area contributed by atoms with Crippen molar-refractivity contribution in [3.05, 3.63) is 29.3 Å². The molecule has 32 heavy (non-hydrogen) atoms. The Morgan fingerprint density at radius 2 is 1.81 bits per heavy atom. The van der Waals surface area contributed by atoms with Crippen LogP contribution < -0.4 is 4.90 Å². The molecular formula is C22H29FN4O5. The van der Waals surface area contributed by atoms with Crippen LogP contribution in [0.3, 0.4) is 0 Å². The highest BCUT2D eigenvalue weighted by Crippen LogP contribution is 2.24. The van der Waals surface area contributed by atoms with Crippen LogP contribution in [0.2, 0.25) is 0 Å². The molecule has 0 aliphatic carbocycles. The number of carbonyl (C=O) groups is 3. The van der Waals surface area contributed by atoms with Crippen LogP contribution in [0.15, 0.2) is 18.2 Å². The molecule has 0 unspecified atom stereocenters. The summed E-state index contributed by atoms with van der Waals surface area (Å²) in [4.78, 5) is 46.8. The second-order valence-electron chi connectivity index (χ2n) is 8.40. The molecule has 3 amide bonds. The van der Waals surface area contributed by atoms with Crippen molar-refractivity contribution < 1.29 is 28.3 Å². The van der Waals surface area contributed by atoms with E-state index >= 15 is 0 Å². The lowest BCUT2D eigenvalue weighted by molar-refractivity contribution is -0.174. The SMILES string of the molecule is C[C@@H]1CN(Cc2ccc(N3CCOCC3)cc2CF)CCN1C(=O)ON1C(=O)CCC1=O. The molecule has 0 aromatic heterocycles. The number of rotatable bonds is 5. The Morgan fingerprint density at radius 3 is 2.47 bits per heavy atom. The van der Waals surface area contributed by atoms with Gasteiger partial charge in [0.1, 0.15) is 6.67 Å². The largest absolute Gasteiger partial charge is 0.435 e. The van der Waals surface area contributed by atoms with E-state index < -0.39 is 24.6 Å². The van der Waals surface area contributed by atoms with Crippen molar-refractivity contribution in [2.75, 3.05) is 50.8 Å². The van der Waals surface area contributed by atoms with Crippen LogP contribution in [0.1, 0.15) is 30.9 Å². The van der Waals surface area contributed by atoms with Crippen molar-refractivity contribution in [1.29, 1.82) is 0 Å². The van der Waals surface area contributed by atoms with Gasteiger partial charge in [0, 0.05) is 63.8 Å². The number of nitrogens with zero attached hydrogens (tertiary/aromatic N) is 4. The van der Waals surface area contributed by atoms with Gasteiger partial charge in [0.05, 0.1) is 13.2 Å². The molecule has 0 saturated carbocycles. The summed E-state index contributed by atoms with van der Waals surface area (Å²) in [5.74, 6) is -0.983. The van der Waals surface area contributed by atoms with Gasteiger partial charge in [-0.3, -0.25) is 14.5 Å². The number of alkyl halides is 1. The summed E-state index contributed by atoms with van der Waals surface area (Å²) in [6, 6.07) is 5.75. The Hall–Kier alpha value is -2.72. The minimum atomic E-state index is -0.694. The van der Waals surface area contributed by atoms with Gasteiger partial charge in [-0.2, -0.15) is 0 Å². The van der Waals surface area contributed by atoms with E-state index in [0.717, 1.165) is 24.3 Å². The van der Waals surface area contributed by atoms with Crippen molar-refractivity contribution in [2.45, 2.75) is 39.0 Å². The molecule has 9 nitrogen and oxygen atoms in total. The van der Waals surface area contributed by atoms with Crippen molar-refractivity contribution in [3.63, 3.8) is 0 Å². The molecule has 3 saturated heterocycles. The summed E-state index contributed by atoms with van der Waals surface area (Å²) in [5, 5.41) is 0.574. The Labute approximate surface area is 186 Å². The summed E-state index contributed by atoms with van der Waals surface area (Å²) >= 11 is 0. The molecule has 4 rings (SSSR count). The first-order valence-corrected chi connectivity index (χ1v) is 11.0. The molecule has 1 atom stereocenters. The maximum absolute atomic E-state index is 13.8. The van der Waals surface area contributed by atoms with Gasteiger partial charge in [-0.25, -0.2) is 9.18 Å². The highest BCUT2D eigenvalue weighted by atomic mass is 19.1. The smallest absolute Gasteiger partial charge is 0.378 e. The first-order chi connectivity index (χ1) is 15.5. The maximum atomic E-state index is 13.8. The van der Waals surface area contributed by atoms with Crippen LogP contribution in [0.5, 0.6) is 0 Å². The molecule has 3 aliphatic heterocycles. The molecule has 0 N–H and O–H groups in total. The van der Waals surface area contributed by atoms with E-state index in [1.165, 1.54) is 4.90 Å². The average Bonchev–Trinajstić information content (AvgIpc) is 3.12. The quantitative estimate of drug-likeness (QED) is 0.634. The van der Waals surface area contributed by atoms with E-state index in [9.17, 15) is 18.8 Å². The standard InChI is InChI=1S/C22H29FN4O5/c1-16-14-24(6-7-26(16)22(30)32-27-20(28)4-5-21(27)29)15-17-2-3-19(12-18(17)13-23)25-8-10-31-11-9-25/h2-3,12,16H,4-11,13-15H2,1H3/t16-/m1/s1. The van der Waals surface area contributed by atoms with Crippen LogP contribution in [0, 0.1) is 0 Å². The molecule has 3 fully saturated rings. The molecule has 1 aromatic carbocycles. The topological polar surface area (TPSA) is 82.6 Å². The highest BCUT2D eigenvalue weighted by molar-refractivity contribution is 6.01. The molecule has 0 bridgehead atoms. The van der Waals surface area contributed by atoms with E-state index in [0.29, 0.717) is 50.0 Å². The summed E-state index contributed by atoms with van der Waals surface area (Å²) < 4.78 is 19.2. The number of hydroxylamine groups is 2. The zero-order valence-electron chi connectivity index (χ0n) is 18.3.